The molecule has 3 heteroatoms. The molecule has 2 nitrogen and oxygen atoms in total. The normalized spacial score (nSPS) is 10.5. The molecule has 0 radical (unpaired) electrons. The molecule has 0 fully saturated rings. The summed E-state index contributed by atoms with van der Waals surface area (Å²) >= 11 is 6.07. The van der Waals surface area contributed by atoms with Crippen molar-refractivity contribution in [2.45, 2.75) is 13.5 Å². The quantitative estimate of drug-likeness (QED) is 0.898. The molecule has 0 aliphatic heterocycles. The van der Waals surface area contributed by atoms with E-state index in [1.165, 1.54) is 5.56 Å². The Balaban J connectivity index is 2.52. The van der Waals surface area contributed by atoms with Crippen molar-refractivity contribution < 1.29 is 0 Å². The molecular formula is C14H15ClN2. The van der Waals surface area contributed by atoms with Crippen LogP contribution in [0.2, 0.25) is 5.02 Å². The van der Waals surface area contributed by atoms with Crippen LogP contribution in [0.25, 0.3) is 11.1 Å². The molecule has 0 saturated heterocycles. The highest BCUT2D eigenvalue weighted by atomic mass is 35.5. The number of hydrogen-bond donors (Lipinski definition) is 1. The van der Waals surface area contributed by atoms with Gasteiger partial charge >= 0.3 is 0 Å². The lowest BCUT2D eigenvalue weighted by atomic mass is 10.00. The van der Waals surface area contributed by atoms with Crippen molar-refractivity contribution in [3.63, 3.8) is 0 Å². The van der Waals surface area contributed by atoms with Crippen LogP contribution in [-0.4, -0.2) is 12.0 Å². The molecule has 0 unspecified atom stereocenters. The summed E-state index contributed by atoms with van der Waals surface area (Å²) in [6.07, 6.45) is 1.83. The molecule has 0 amide bonds. The summed E-state index contributed by atoms with van der Waals surface area (Å²) < 4.78 is 0. The van der Waals surface area contributed by atoms with E-state index < -0.39 is 0 Å². The first-order valence-corrected chi connectivity index (χ1v) is 5.94. The van der Waals surface area contributed by atoms with Crippen LogP contribution in [0.4, 0.5) is 0 Å². The zero-order valence-corrected chi connectivity index (χ0v) is 10.8. The average Bonchev–Trinajstić information content (AvgIpc) is 2.32. The minimum atomic E-state index is 0.759. The second-order valence-electron chi connectivity index (χ2n) is 4.02. The van der Waals surface area contributed by atoms with E-state index in [-0.39, 0.29) is 0 Å². The number of halogens is 1. The van der Waals surface area contributed by atoms with Crippen molar-refractivity contribution >= 4 is 11.6 Å². The number of aromatic nitrogens is 1. The van der Waals surface area contributed by atoms with Crippen molar-refractivity contribution in [3.05, 3.63) is 52.8 Å². The van der Waals surface area contributed by atoms with E-state index in [9.17, 15) is 0 Å². The second-order valence-corrected chi connectivity index (χ2v) is 4.45. The van der Waals surface area contributed by atoms with Gasteiger partial charge in [-0.2, -0.15) is 0 Å². The molecule has 17 heavy (non-hydrogen) atoms. The zero-order chi connectivity index (χ0) is 12.3. The Bertz CT molecular complexity index is 523. The molecule has 0 atom stereocenters. The van der Waals surface area contributed by atoms with Gasteiger partial charge < -0.3 is 5.32 Å². The van der Waals surface area contributed by atoms with Gasteiger partial charge in [-0.3, -0.25) is 4.98 Å². The van der Waals surface area contributed by atoms with Crippen molar-refractivity contribution in [2.24, 2.45) is 0 Å². The third-order valence-electron chi connectivity index (χ3n) is 2.65. The summed E-state index contributed by atoms with van der Waals surface area (Å²) in [6.45, 7) is 2.82. The fraction of sp³-hybridized carbons (Fsp3) is 0.214. The first-order chi connectivity index (χ1) is 8.20. The maximum atomic E-state index is 6.07. The van der Waals surface area contributed by atoms with E-state index in [4.69, 9.17) is 11.6 Å². The highest BCUT2D eigenvalue weighted by molar-refractivity contribution is 6.30. The zero-order valence-electron chi connectivity index (χ0n) is 10.00. The van der Waals surface area contributed by atoms with Crippen LogP contribution < -0.4 is 5.32 Å². The molecule has 0 aliphatic carbocycles. The van der Waals surface area contributed by atoms with Crippen LogP contribution in [0.15, 0.2) is 36.5 Å². The number of benzene rings is 1. The Hall–Kier alpha value is -1.38. The molecule has 0 saturated carbocycles. The maximum absolute atomic E-state index is 6.07. The first-order valence-electron chi connectivity index (χ1n) is 5.57. The van der Waals surface area contributed by atoms with E-state index in [2.05, 4.69) is 22.4 Å². The van der Waals surface area contributed by atoms with Crippen LogP contribution in [0, 0.1) is 6.92 Å². The molecule has 0 bridgehead atoms. The van der Waals surface area contributed by atoms with Crippen LogP contribution in [0.3, 0.4) is 0 Å². The van der Waals surface area contributed by atoms with Crippen molar-refractivity contribution in [1.29, 1.82) is 0 Å². The summed E-state index contributed by atoms with van der Waals surface area (Å²) in [5, 5.41) is 3.93. The monoisotopic (exact) mass is 246 g/mol. The molecule has 0 aliphatic rings. The van der Waals surface area contributed by atoms with E-state index in [0.29, 0.717) is 0 Å². The number of nitrogens with one attached hydrogen (secondary N) is 1. The summed E-state index contributed by atoms with van der Waals surface area (Å²) in [5.41, 5.74) is 4.57. The highest BCUT2D eigenvalue weighted by Gasteiger charge is 2.06. The van der Waals surface area contributed by atoms with E-state index >= 15 is 0 Å². The van der Waals surface area contributed by atoms with E-state index in [1.807, 2.05) is 38.4 Å². The summed E-state index contributed by atoms with van der Waals surface area (Å²) in [7, 11) is 1.94. The molecule has 1 aromatic carbocycles. The number of pyridine rings is 1. The molecule has 2 aromatic rings. The van der Waals surface area contributed by atoms with Gasteiger partial charge in [-0.05, 0) is 54.9 Å². The van der Waals surface area contributed by atoms with Gasteiger partial charge in [0.25, 0.3) is 0 Å². The highest BCUT2D eigenvalue weighted by Crippen LogP contribution is 2.27. The Kier molecular flexibility index (Phi) is 3.77. The smallest absolute Gasteiger partial charge is 0.0412 e. The largest absolute Gasteiger partial charge is 0.316 e. The van der Waals surface area contributed by atoms with Crippen LogP contribution in [-0.2, 0) is 6.54 Å². The van der Waals surface area contributed by atoms with Crippen LogP contribution in [0.5, 0.6) is 0 Å². The molecule has 1 N–H and O–H groups in total. The topological polar surface area (TPSA) is 24.9 Å². The standard InChI is InChI=1S/C14H15ClN2/c1-10-7-11(5-6-17-10)14-8-13(15)4-3-12(14)9-16-2/h3-8,16H,9H2,1-2H3. The van der Waals surface area contributed by atoms with Gasteiger partial charge in [-0.15, -0.1) is 0 Å². The first kappa shape index (κ1) is 12.1. The van der Waals surface area contributed by atoms with E-state index in [0.717, 1.165) is 28.4 Å². The third-order valence-corrected chi connectivity index (χ3v) is 2.88. The van der Waals surface area contributed by atoms with Gasteiger partial charge in [0, 0.05) is 23.5 Å². The SMILES string of the molecule is CNCc1ccc(Cl)cc1-c1ccnc(C)c1. The van der Waals surface area contributed by atoms with Gasteiger partial charge in [0.1, 0.15) is 0 Å². The average molecular weight is 247 g/mol. The fourth-order valence-electron chi connectivity index (χ4n) is 1.88. The predicted octanol–water partition coefficient (Wildman–Crippen LogP) is 3.43. The minimum absolute atomic E-state index is 0.759. The van der Waals surface area contributed by atoms with Crippen molar-refractivity contribution in [3.8, 4) is 11.1 Å². The summed E-state index contributed by atoms with van der Waals surface area (Å²) in [4.78, 5) is 4.21. The lowest BCUT2D eigenvalue weighted by molar-refractivity contribution is 0.819. The van der Waals surface area contributed by atoms with Gasteiger partial charge in [0.05, 0.1) is 0 Å². The van der Waals surface area contributed by atoms with Gasteiger partial charge in [-0.1, -0.05) is 17.7 Å². The van der Waals surface area contributed by atoms with Gasteiger partial charge in [-0.25, -0.2) is 0 Å². The second kappa shape index (κ2) is 5.30. The third kappa shape index (κ3) is 2.84. The van der Waals surface area contributed by atoms with Gasteiger partial charge in [0.15, 0.2) is 0 Å². The van der Waals surface area contributed by atoms with E-state index in [1.54, 1.807) is 0 Å². The van der Waals surface area contributed by atoms with Crippen LogP contribution >= 0.6 is 11.6 Å². The Morgan fingerprint density at radius 2 is 2.06 bits per heavy atom. The Labute approximate surface area is 107 Å². The predicted molar refractivity (Wildman–Crippen MR) is 72.2 cm³/mol. The lowest BCUT2D eigenvalue weighted by Gasteiger charge is -2.10. The molecular weight excluding hydrogens is 232 g/mol. The van der Waals surface area contributed by atoms with Crippen molar-refractivity contribution in [1.82, 2.24) is 10.3 Å². The molecule has 1 heterocycles. The number of aryl methyl sites for hydroxylation is 1. The number of hydrogen-bond acceptors (Lipinski definition) is 2. The Morgan fingerprint density at radius 1 is 1.24 bits per heavy atom. The minimum Gasteiger partial charge on any atom is -0.316 e. The lowest BCUT2D eigenvalue weighted by Crippen LogP contribution is -2.06. The molecule has 1 aromatic heterocycles. The van der Waals surface area contributed by atoms with Gasteiger partial charge in [0.2, 0.25) is 0 Å². The fourth-order valence-corrected chi connectivity index (χ4v) is 2.05. The summed E-state index contributed by atoms with van der Waals surface area (Å²) in [6, 6.07) is 10.1. The Morgan fingerprint density at radius 3 is 2.76 bits per heavy atom. The number of rotatable bonds is 3. The summed E-state index contributed by atoms with van der Waals surface area (Å²) in [5.74, 6) is 0. The number of nitrogens with zero attached hydrogens (tertiary/aromatic N) is 1. The van der Waals surface area contributed by atoms with Crippen LogP contribution in [0.1, 0.15) is 11.3 Å². The van der Waals surface area contributed by atoms with Crippen molar-refractivity contribution in [2.75, 3.05) is 7.05 Å². The molecule has 2 rings (SSSR count). The maximum Gasteiger partial charge on any atom is 0.0412 e. The molecule has 88 valence electrons. The molecule has 0 spiro atoms.